The van der Waals surface area contributed by atoms with E-state index in [1.165, 1.54) is 88.0 Å². The Morgan fingerprint density at radius 2 is 1.29 bits per heavy atom. The Balaban J connectivity index is 1.31. The lowest BCUT2D eigenvalue weighted by atomic mass is 9.43. The number of anilines is 2. The van der Waals surface area contributed by atoms with Crippen LogP contribution in [0.5, 0.6) is 0 Å². The van der Waals surface area contributed by atoms with Crippen LogP contribution in [-0.2, 0) is 0 Å². The molecule has 2 aromatic heterocycles. The van der Waals surface area contributed by atoms with Gasteiger partial charge in [0.1, 0.15) is 11.3 Å². The maximum Gasteiger partial charge on any atom is 0.333 e. The van der Waals surface area contributed by atoms with E-state index in [1.54, 1.807) is 0 Å². The molecule has 0 saturated carbocycles. The van der Waals surface area contributed by atoms with Gasteiger partial charge in [-0.15, -0.1) is 0 Å². The minimum Gasteiger partial charge on any atom is -0.456 e. The predicted molar refractivity (Wildman–Crippen MR) is 215 cm³/mol. The van der Waals surface area contributed by atoms with Crippen LogP contribution < -0.4 is 15.7 Å². The SMILES string of the molecule is Cc1ccc(N2B3c4cc5cc(-c6ccccc6)oc5cc4-n4c5cc6ccccc6cc5c5c6ccccc6c(c3c54)-c3ccccc32)cc1. The van der Waals surface area contributed by atoms with Gasteiger partial charge >= 0.3 is 6.85 Å². The molecule has 0 amide bonds. The van der Waals surface area contributed by atoms with Crippen LogP contribution in [0.4, 0.5) is 11.4 Å². The third-order valence-electron chi connectivity index (χ3n) is 11.4. The molecule has 2 aliphatic heterocycles. The van der Waals surface area contributed by atoms with Crippen LogP contribution in [0.15, 0.2) is 162 Å². The summed E-state index contributed by atoms with van der Waals surface area (Å²) in [6, 6.07) is 58.0. The quantitative estimate of drug-likeness (QED) is 0.174. The Hall–Kier alpha value is -6.52. The van der Waals surface area contributed by atoms with Crippen molar-refractivity contribution in [2.45, 2.75) is 6.92 Å². The first-order valence-electron chi connectivity index (χ1n) is 17.7. The van der Waals surface area contributed by atoms with Gasteiger partial charge in [0.05, 0.1) is 11.0 Å². The zero-order chi connectivity index (χ0) is 33.4. The molecule has 0 unspecified atom stereocenters. The number of aromatic nitrogens is 1. The van der Waals surface area contributed by atoms with Gasteiger partial charge < -0.3 is 13.8 Å². The number of furan rings is 1. The highest BCUT2D eigenvalue weighted by atomic mass is 16.3. The molecule has 8 aromatic carbocycles. The molecule has 12 rings (SSSR count). The number of aryl methyl sites for hydroxylation is 1. The van der Waals surface area contributed by atoms with Crippen molar-refractivity contribution in [1.82, 2.24) is 4.57 Å². The molecule has 3 nitrogen and oxygen atoms in total. The fourth-order valence-electron chi connectivity index (χ4n) is 9.19. The van der Waals surface area contributed by atoms with Gasteiger partial charge in [-0.3, -0.25) is 0 Å². The van der Waals surface area contributed by atoms with Crippen molar-refractivity contribution in [3.63, 3.8) is 0 Å². The summed E-state index contributed by atoms with van der Waals surface area (Å²) in [5.41, 5.74) is 14.5. The van der Waals surface area contributed by atoms with Crippen LogP contribution in [-0.4, -0.2) is 11.4 Å². The highest BCUT2D eigenvalue weighted by Crippen LogP contribution is 2.49. The summed E-state index contributed by atoms with van der Waals surface area (Å²) >= 11 is 0. The molecule has 0 atom stereocenters. The first-order chi connectivity index (χ1) is 25.2. The lowest BCUT2D eigenvalue weighted by Crippen LogP contribution is -2.60. The zero-order valence-electron chi connectivity index (χ0n) is 27.9. The number of para-hydroxylation sites is 1. The fraction of sp³-hybridized carbons (Fsp3) is 0.0213. The number of benzene rings is 8. The predicted octanol–water partition coefficient (Wildman–Crippen LogP) is 11.0. The largest absolute Gasteiger partial charge is 0.456 e. The minimum atomic E-state index is -0.0644. The topological polar surface area (TPSA) is 21.3 Å². The number of fused-ring (bicyclic) bond motifs is 13. The summed E-state index contributed by atoms with van der Waals surface area (Å²) in [4.78, 5) is 2.59. The molecule has 0 radical (unpaired) electrons. The van der Waals surface area contributed by atoms with Crippen LogP contribution >= 0.6 is 0 Å². The van der Waals surface area contributed by atoms with Crippen LogP contribution in [0, 0.1) is 6.92 Å². The molecule has 0 bridgehead atoms. The third-order valence-corrected chi connectivity index (χ3v) is 11.4. The molecule has 0 N–H and O–H groups in total. The Labute approximate surface area is 294 Å². The highest BCUT2D eigenvalue weighted by Gasteiger charge is 2.45. The van der Waals surface area contributed by atoms with Gasteiger partial charge in [-0.1, -0.05) is 121 Å². The van der Waals surface area contributed by atoms with E-state index in [-0.39, 0.29) is 6.85 Å². The van der Waals surface area contributed by atoms with Crippen LogP contribution in [0.25, 0.3) is 82.5 Å². The minimum absolute atomic E-state index is 0.0644. The zero-order valence-corrected chi connectivity index (χ0v) is 27.9. The summed E-state index contributed by atoms with van der Waals surface area (Å²) in [7, 11) is 0. The van der Waals surface area contributed by atoms with Crippen molar-refractivity contribution in [2.75, 3.05) is 4.81 Å². The Kier molecular flexibility index (Phi) is 5.25. The molecule has 10 aromatic rings. The van der Waals surface area contributed by atoms with E-state index in [9.17, 15) is 0 Å². The van der Waals surface area contributed by atoms with Crippen LogP contribution in [0.2, 0.25) is 0 Å². The molecule has 0 fully saturated rings. The van der Waals surface area contributed by atoms with Gasteiger partial charge in [0.2, 0.25) is 0 Å². The number of hydrogen-bond acceptors (Lipinski definition) is 2. The molecule has 4 heteroatoms. The van der Waals surface area contributed by atoms with E-state index in [0.29, 0.717) is 0 Å². The van der Waals surface area contributed by atoms with Gasteiger partial charge in [-0.05, 0) is 81.4 Å². The van der Waals surface area contributed by atoms with E-state index in [2.05, 4.69) is 174 Å². The Bertz CT molecular complexity index is 3100. The van der Waals surface area contributed by atoms with E-state index >= 15 is 0 Å². The average Bonchev–Trinajstić information content (AvgIpc) is 3.75. The first kappa shape index (κ1) is 27.3. The van der Waals surface area contributed by atoms with E-state index in [4.69, 9.17) is 4.42 Å². The Morgan fingerprint density at radius 1 is 0.569 bits per heavy atom. The van der Waals surface area contributed by atoms with Gasteiger partial charge in [0.15, 0.2) is 0 Å². The maximum absolute atomic E-state index is 6.69. The standard InChI is InChI=1S/C47H29BN2O/c1-28-19-21-33(22-20-28)50-39-18-10-9-17-36(39)44-34-15-7-8-16-35(34)45-37-23-30-13-5-6-14-31(30)25-40(37)49-41-27-43-32(24-38(41)48(50)46(44)47(45)49)26-42(51-43)29-11-3-2-4-12-29/h2-27H,1H3. The molecular formula is C47H29BN2O. The van der Waals surface area contributed by atoms with Crippen molar-refractivity contribution in [3.05, 3.63) is 163 Å². The van der Waals surface area contributed by atoms with Gasteiger partial charge in [-0.25, -0.2) is 0 Å². The van der Waals surface area contributed by atoms with Crippen molar-refractivity contribution in [1.29, 1.82) is 0 Å². The second-order valence-electron chi connectivity index (χ2n) is 14.2. The molecular weight excluding hydrogens is 619 g/mol. The summed E-state index contributed by atoms with van der Waals surface area (Å²) in [6.07, 6.45) is 0. The van der Waals surface area contributed by atoms with E-state index in [0.717, 1.165) is 22.3 Å². The summed E-state index contributed by atoms with van der Waals surface area (Å²) in [6.45, 7) is 2.10. The molecule has 4 heterocycles. The molecule has 236 valence electrons. The van der Waals surface area contributed by atoms with Gasteiger partial charge in [0, 0.05) is 50.4 Å². The molecule has 0 spiro atoms. The molecule has 51 heavy (non-hydrogen) atoms. The number of hydrogen-bond donors (Lipinski definition) is 0. The summed E-state index contributed by atoms with van der Waals surface area (Å²) in [5, 5.41) is 8.78. The van der Waals surface area contributed by atoms with Crippen molar-refractivity contribution in [2.24, 2.45) is 0 Å². The second kappa shape index (κ2) is 9.80. The molecule has 0 saturated heterocycles. The lowest BCUT2D eigenvalue weighted by molar-refractivity contribution is 0.631. The second-order valence-corrected chi connectivity index (χ2v) is 14.2. The van der Waals surface area contributed by atoms with Crippen molar-refractivity contribution >= 4 is 83.5 Å². The summed E-state index contributed by atoms with van der Waals surface area (Å²) < 4.78 is 9.25. The van der Waals surface area contributed by atoms with E-state index < -0.39 is 0 Å². The Morgan fingerprint density at radius 3 is 2.14 bits per heavy atom. The summed E-state index contributed by atoms with van der Waals surface area (Å²) in [5.74, 6) is 0.884. The van der Waals surface area contributed by atoms with Crippen LogP contribution in [0.3, 0.4) is 0 Å². The molecule has 2 aliphatic rings. The lowest BCUT2D eigenvalue weighted by Gasteiger charge is -2.42. The number of nitrogens with zero attached hydrogens (tertiary/aromatic N) is 2. The normalized spacial score (nSPS) is 13.1. The van der Waals surface area contributed by atoms with Crippen LogP contribution in [0.1, 0.15) is 5.56 Å². The average molecular weight is 649 g/mol. The van der Waals surface area contributed by atoms with E-state index in [1.807, 2.05) is 0 Å². The highest BCUT2D eigenvalue weighted by molar-refractivity contribution is 6.94. The van der Waals surface area contributed by atoms with Crippen molar-refractivity contribution in [3.8, 4) is 28.1 Å². The monoisotopic (exact) mass is 648 g/mol. The van der Waals surface area contributed by atoms with Crippen molar-refractivity contribution < 1.29 is 4.42 Å². The third kappa shape index (κ3) is 3.58. The molecule has 0 aliphatic carbocycles. The maximum atomic E-state index is 6.69. The number of rotatable bonds is 2. The van der Waals surface area contributed by atoms with Gasteiger partial charge in [0.25, 0.3) is 0 Å². The first-order valence-corrected chi connectivity index (χ1v) is 17.7. The fourth-order valence-corrected chi connectivity index (χ4v) is 9.19. The van der Waals surface area contributed by atoms with Gasteiger partial charge in [-0.2, -0.15) is 0 Å². The smallest absolute Gasteiger partial charge is 0.333 e.